The summed E-state index contributed by atoms with van der Waals surface area (Å²) in [5.74, 6) is 1.10. The molecule has 12 heavy (non-hydrogen) atoms. The second kappa shape index (κ2) is 2.94. The normalized spacial score (nSPS) is 22.4. The molecule has 0 atom stereocenters. The van der Waals surface area contributed by atoms with Crippen LogP contribution in [0.15, 0.2) is 16.3 Å². The number of hydrogen-bond donors (Lipinski definition) is 0. The Morgan fingerprint density at radius 3 is 3.25 bits per heavy atom. The van der Waals surface area contributed by atoms with Crippen LogP contribution in [0.25, 0.3) is 0 Å². The van der Waals surface area contributed by atoms with Gasteiger partial charge in [-0.15, -0.1) is 0 Å². The van der Waals surface area contributed by atoms with Crippen LogP contribution in [-0.4, -0.2) is 35.2 Å². The number of amidine groups is 1. The Labute approximate surface area is 75.5 Å². The molecule has 3 nitrogen and oxygen atoms in total. The first-order valence-electron chi connectivity index (χ1n) is 3.92. The van der Waals surface area contributed by atoms with Gasteiger partial charge in [-0.25, -0.2) is 4.99 Å². The minimum atomic E-state index is 0.751. The second-order valence-electron chi connectivity index (χ2n) is 2.89. The monoisotopic (exact) mass is 182 g/mol. The van der Waals surface area contributed by atoms with Gasteiger partial charge in [-0.05, 0) is 6.92 Å². The summed E-state index contributed by atoms with van der Waals surface area (Å²) in [6.07, 6.45) is 0.915. The van der Waals surface area contributed by atoms with Crippen molar-refractivity contribution in [3.05, 3.63) is 11.3 Å². The number of hydrogen-bond acceptors (Lipinski definition) is 4. The van der Waals surface area contributed by atoms with Crippen LogP contribution in [0.4, 0.5) is 0 Å². The lowest BCUT2D eigenvalue weighted by molar-refractivity contribution is -0.105. The van der Waals surface area contributed by atoms with E-state index in [0.29, 0.717) is 0 Å². The van der Waals surface area contributed by atoms with E-state index in [1.807, 2.05) is 6.92 Å². The Hall–Kier alpha value is -0.770. The van der Waals surface area contributed by atoms with Crippen molar-refractivity contribution in [2.24, 2.45) is 4.99 Å². The predicted molar refractivity (Wildman–Crippen MR) is 50.2 cm³/mol. The maximum absolute atomic E-state index is 10.6. The van der Waals surface area contributed by atoms with E-state index in [1.165, 1.54) is 0 Å². The van der Waals surface area contributed by atoms with E-state index in [4.69, 9.17) is 0 Å². The fourth-order valence-corrected chi connectivity index (χ4v) is 2.38. The standard InChI is InChI=1S/C8H10N2OS/c1-6-7(5-11)4-10-2-3-12-8(10)9-6/h5H,2-4H2,1H3. The third-order valence-electron chi connectivity index (χ3n) is 2.09. The van der Waals surface area contributed by atoms with Crippen molar-refractivity contribution in [1.82, 2.24) is 4.90 Å². The summed E-state index contributed by atoms with van der Waals surface area (Å²) in [5.41, 5.74) is 1.70. The fraction of sp³-hybridized carbons (Fsp3) is 0.500. The molecule has 0 saturated carbocycles. The van der Waals surface area contributed by atoms with Gasteiger partial charge in [0, 0.05) is 30.1 Å². The van der Waals surface area contributed by atoms with Gasteiger partial charge in [0.05, 0.1) is 0 Å². The molecule has 0 amide bonds. The average Bonchev–Trinajstić information content (AvgIpc) is 2.49. The lowest BCUT2D eigenvalue weighted by Crippen LogP contribution is -2.30. The van der Waals surface area contributed by atoms with Gasteiger partial charge >= 0.3 is 0 Å². The molecule has 0 N–H and O–H groups in total. The fourth-order valence-electron chi connectivity index (χ4n) is 1.34. The van der Waals surface area contributed by atoms with Gasteiger partial charge in [0.1, 0.15) is 6.29 Å². The Balaban J connectivity index is 2.31. The lowest BCUT2D eigenvalue weighted by atomic mass is 10.2. The number of thioether (sulfide) groups is 1. The minimum Gasteiger partial charge on any atom is -0.346 e. The molecule has 2 rings (SSSR count). The molecule has 64 valence electrons. The summed E-state index contributed by atoms with van der Waals surface area (Å²) in [7, 11) is 0. The summed E-state index contributed by atoms with van der Waals surface area (Å²) in [6, 6.07) is 0. The molecule has 0 aromatic carbocycles. The highest BCUT2D eigenvalue weighted by Crippen LogP contribution is 2.24. The first-order chi connectivity index (χ1) is 5.81. The Kier molecular flexibility index (Phi) is 1.92. The molecule has 0 spiro atoms. The highest BCUT2D eigenvalue weighted by atomic mass is 32.2. The summed E-state index contributed by atoms with van der Waals surface area (Å²) in [5, 5.41) is 1.08. The molecular formula is C8H10N2OS. The number of aldehydes is 1. The zero-order valence-electron chi connectivity index (χ0n) is 6.91. The van der Waals surface area contributed by atoms with E-state index in [2.05, 4.69) is 9.89 Å². The van der Waals surface area contributed by atoms with Crippen molar-refractivity contribution in [2.75, 3.05) is 18.8 Å². The smallest absolute Gasteiger partial charge is 0.164 e. The summed E-state index contributed by atoms with van der Waals surface area (Å²) < 4.78 is 0. The SMILES string of the molecule is CC1=C(C=O)CN2CCSC2=N1. The quantitative estimate of drug-likeness (QED) is 0.564. The van der Waals surface area contributed by atoms with Crippen molar-refractivity contribution in [3.63, 3.8) is 0 Å². The molecule has 0 unspecified atom stereocenters. The topological polar surface area (TPSA) is 32.7 Å². The van der Waals surface area contributed by atoms with Crippen LogP contribution in [-0.2, 0) is 4.79 Å². The van der Waals surface area contributed by atoms with Crippen LogP contribution in [0.3, 0.4) is 0 Å². The van der Waals surface area contributed by atoms with Gasteiger partial charge in [0.25, 0.3) is 0 Å². The first kappa shape index (κ1) is 7.86. The van der Waals surface area contributed by atoms with Crippen molar-refractivity contribution in [3.8, 4) is 0 Å². The molecule has 1 saturated heterocycles. The molecular weight excluding hydrogens is 172 g/mol. The highest BCUT2D eigenvalue weighted by molar-refractivity contribution is 8.14. The zero-order valence-corrected chi connectivity index (χ0v) is 7.73. The summed E-state index contributed by atoms with van der Waals surface area (Å²) in [6.45, 7) is 3.67. The number of carbonyl (C=O) groups is 1. The third-order valence-corrected chi connectivity index (χ3v) is 3.09. The molecule has 0 aliphatic carbocycles. The summed E-state index contributed by atoms with van der Waals surface area (Å²) in [4.78, 5) is 17.1. The zero-order chi connectivity index (χ0) is 8.55. The largest absolute Gasteiger partial charge is 0.346 e. The van der Waals surface area contributed by atoms with Gasteiger partial charge in [0.15, 0.2) is 5.17 Å². The first-order valence-corrected chi connectivity index (χ1v) is 4.91. The van der Waals surface area contributed by atoms with Crippen molar-refractivity contribution in [1.29, 1.82) is 0 Å². The molecule has 0 aromatic rings. The molecule has 2 aliphatic heterocycles. The third kappa shape index (κ3) is 1.16. The number of allylic oxidation sites excluding steroid dienone is 1. The maximum Gasteiger partial charge on any atom is 0.164 e. The Bertz CT molecular complexity index is 283. The predicted octanol–water partition coefficient (Wildman–Crippen LogP) is 0.878. The molecule has 2 heterocycles. The van der Waals surface area contributed by atoms with Gasteiger partial charge in [-0.2, -0.15) is 0 Å². The number of carbonyl (C=O) groups excluding carboxylic acids is 1. The van der Waals surface area contributed by atoms with Crippen molar-refractivity contribution in [2.45, 2.75) is 6.92 Å². The number of nitrogens with zero attached hydrogens (tertiary/aromatic N) is 2. The number of fused-ring (bicyclic) bond motifs is 1. The van der Waals surface area contributed by atoms with Crippen LogP contribution in [0.5, 0.6) is 0 Å². The Morgan fingerprint density at radius 1 is 1.67 bits per heavy atom. The van der Waals surface area contributed by atoms with Crippen LogP contribution in [0, 0.1) is 0 Å². The molecule has 0 aromatic heterocycles. The van der Waals surface area contributed by atoms with Gasteiger partial charge in [-0.1, -0.05) is 11.8 Å². The maximum atomic E-state index is 10.6. The molecule has 1 fully saturated rings. The lowest BCUT2D eigenvalue weighted by Gasteiger charge is -2.22. The molecule has 2 aliphatic rings. The molecule has 4 heteroatoms. The van der Waals surface area contributed by atoms with Crippen molar-refractivity contribution >= 4 is 23.2 Å². The van der Waals surface area contributed by atoms with Crippen LogP contribution in [0.1, 0.15) is 6.92 Å². The summed E-state index contributed by atoms with van der Waals surface area (Å²) >= 11 is 1.77. The number of rotatable bonds is 1. The van der Waals surface area contributed by atoms with E-state index in [0.717, 1.165) is 41.6 Å². The van der Waals surface area contributed by atoms with Crippen molar-refractivity contribution < 1.29 is 4.79 Å². The molecule has 0 bridgehead atoms. The van der Waals surface area contributed by atoms with Gasteiger partial charge in [-0.3, -0.25) is 4.79 Å². The van der Waals surface area contributed by atoms with E-state index >= 15 is 0 Å². The van der Waals surface area contributed by atoms with E-state index in [9.17, 15) is 4.79 Å². The average molecular weight is 182 g/mol. The highest BCUT2D eigenvalue weighted by Gasteiger charge is 2.24. The van der Waals surface area contributed by atoms with E-state index in [-0.39, 0.29) is 0 Å². The van der Waals surface area contributed by atoms with E-state index < -0.39 is 0 Å². The Morgan fingerprint density at radius 2 is 2.50 bits per heavy atom. The van der Waals surface area contributed by atoms with E-state index in [1.54, 1.807) is 11.8 Å². The van der Waals surface area contributed by atoms with Crippen LogP contribution < -0.4 is 0 Å². The van der Waals surface area contributed by atoms with Crippen LogP contribution in [0.2, 0.25) is 0 Å². The minimum absolute atomic E-state index is 0.751. The van der Waals surface area contributed by atoms with Crippen LogP contribution >= 0.6 is 11.8 Å². The molecule has 0 radical (unpaired) electrons. The van der Waals surface area contributed by atoms with Gasteiger partial charge in [0.2, 0.25) is 0 Å². The second-order valence-corrected chi connectivity index (χ2v) is 3.95. The number of aliphatic imine (C=N–C) groups is 1. The van der Waals surface area contributed by atoms with Gasteiger partial charge < -0.3 is 4.90 Å².